The second-order valence-corrected chi connectivity index (χ2v) is 4.97. The van der Waals surface area contributed by atoms with E-state index in [1.807, 2.05) is 24.3 Å². The fourth-order valence-corrected chi connectivity index (χ4v) is 1.69. The zero-order valence-corrected chi connectivity index (χ0v) is 11.5. The average Bonchev–Trinajstić information content (AvgIpc) is 2.35. The average molecular weight is 287 g/mol. The monoisotopic (exact) mass is 286 g/mol. The molecule has 1 aromatic carbocycles. The molecule has 0 heterocycles. The first-order chi connectivity index (χ1) is 7.76. The lowest BCUT2D eigenvalue weighted by Gasteiger charge is -2.08. The van der Waals surface area contributed by atoms with E-state index in [4.69, 9.17) is 9.47 Å². The SMILES string of the molecule is CCC(Br)CCCOc1ccc(OC)cc1. The van der Waals surface area contributed by atoms with Gasteiger partial charge in [0.1, 0.15) is 11.5 Å². The van der Waals surface area contributed by atoms with Crippen molar-refractivity contribution in [1.82, 2.24) is 0 Å². The van der Waals surface area contributed by atoms with Crippen molar-refractivity contribution in [3.63, 3.8) is 0 Å². The summed E-state index contributed by atoms with van der Waals surface area (Å²) in [5.74, 6) is 1.77. The largest absolute Gasteiger partial charge is 0.497 e. The Balaban J connectivity index is 2.21. The summed E-state index contributed by atoms with van der Waals surface area (Å²) in [6, 6.07) is 7.69. The van der Waals surface area contributed by atoms with Crippen LogP contribution >= 0.6 is 15.9 Å². The number of halogens is 1. The zero-order chi connectivity index (χ0) is 11.8. The third-order valence-corrected chi connectivity index (χ3v) is 3.54. The van der Waals surface area contributed by atoms with Crippen LogP contribution in [0, 0.1) is 0 Å². The normalized spacial score (nSPS) is 12.2. The van der Waals surface area contributed by atoms with Crippen LogP contribution in [0.15, 0.2) is 24.3 Å². The highest BCUT2D eigenvalue weighted by Gasteiger charge is 2.00. The Morgan fingerprint density at radius 1 is 1.19 bits per heavy atom. The van der Waals surface area contributed by atoms with Gasteiger partial charge in [0.25, 0.3) is 0 Å². The van der Waals surface area contributed by atoms with Gasteiger partial charge in [-0.25, -0.2) is 0 Å². The van der Waals surface area contributed by atoms with Crippen LogP contribution in [0.25, 0.3) is 0 Å². The topological polar surface area (TPSA) is 18.5 Å². The Labute approximate surface area is 106 Å². The fourth-order valence-electron chi connectivity index (χ4n) is 1.37. The van der Waals surface area contributed by atoms with Gasteiger partial charge in [0, 0.05) is 4.83 Å². The van der Waals surface area contributed by atoms with Gasteiger partial charge < -0.3 is 9.47 Å². The first kappa shape index (κ1) is 13.4. The van der Waals surface area contributed by atoms with Crippen LogP contribution in [0.4, 0.5) is 0 Å². The van der Waals surface area contributed by atoms with Gasteiger partial charge in [0.2, 0.25) is 0 Å². The fraction of sp³-hybridized carbons (Fsp3) is 0.538. The lowest BCUT2D eigenvalue weighted by atomic mass is 10.2. The summed E-state index contributed by atoms with van der Waals surface area (Å²) in [7, 11) is 1.66. The molecule has 1 rings (SSSR count). The Kier molecular flexibility index (Phi) is 6.31. The molecule has 1 atom stereocenters. The van der Waals surface area contributed by atoms with Crippen LogP contribution in [-0.2, 0) is 0 Å². The lowest BCUT2D eigenvalue weighted by molar-refractivity contribution is 0.305. The van der Waals surface area contributed by atoms with Gasteiger partial charge in [-0.15, -0.1) is 0 Å². The molecule has 0 aliphatic rings. The van der Waals surface area contributed by atoms with E-state index in [0.717, 1.165) is 30.9 Å². The van der Waals surface area contributed by atoms with Gasteiger partial charge in [-0.3, -0.25) is 0 Å². The van der Waals surface area contributed by atoms with Crippen LogP contribution < -0.4 is 9.47 Å². The predicted molar refractivity (Wildman–Crippen MR) is 70.7 cm³/mol. The minimum absolute atomic E-state index is 0.618. The quantitative estimate of drug-likeness (QED) is 0.557. The van der Waals surface area contributed by atoms with E-state index in [9.17, 15) is 0 Å². The Morgan fingerprint density at radius 3 is 2.38 bits per heavy atom. The summed E-state index contributed by atoms with van der Waals surface area (Å²) in [6.45, 7) is 2.96. The molecule has 0 aliphatic carbocycles. The molecule has 0 amide bonds. The van der Waals surface area contributed by atoms with Crippen molar-refractivity contribution in [3.05, 3.63) is 24.3 Å². The highest BCUT2D eigenvalue weighted by Crippen LogP contribution is 2.18. The second kappa shape index (κ2) is 7.55. The summed E-state index contributed by atoms with van der Waals surface area (Å²) in [5.41, 5.74) is 0. The predicted octanol–water partition coefficient (Wildman–Crippen LogP) is 4.03. The van der Waals surface area contributed by atoms with Crippen LogP contribution in [0.5, 0.6) is 11.5 Å². The Bertz CT molecular complexity index is 284. The van der Waals surface area contributed by atoms with E-state index in [-0.39, 0.29) is 0 Å². The third kappa shape index (κ3) is 4.88. The molecule has 16 heavy (non-hydrogen) atoms. The molecule has 0 spiro atoms. The van der Waals surface area contributed by atoms with E-state index in [2.05, 4.69) is 22.9 Å². The molecule has 0 aromatic heterocycles. The summed E-state index contributed by atoms with van der Waals surface area (Å²) < 4.78 is 10.7. The van der Waals surface area contributed by atoms with Crippen molar-refractivity contribution >= 4 is 15.9 Å². The molecule has 0 aliphatic heterocycles. The lowest BCUT2D eigenvalue weighted by Crippen LogP contribution is -2.02. The van der Waals surface area contributed by atoms with E-state index in [0.29, 0.717) is 4.83 Å². The van der Waals surface area contributed by atoms with Gasteiger partial charge in [-0.2, -0.15) is 0 Å². The highest BCUT2D eigenvalue weighted by atomic mass is 79.9. The second-order valence-electron chi connectivity index (χ2n) is 3.67. The van der Waals surface area contributed by atoms with E-state index in [1.54, 1.807) is 7.11 Å². The maximum absolute atomic E-state index is 5.62. The van der Waals surface area contributed by atoms with Gasteiger partial charge in [-0.05, 0) is 43.5 Å². The number of ether oxygens (including phenoxy) is 2. The smallest absolute Gasteiger partial charge is 0.119 e. The van der Waals surface area contributed by atoms with Crippen molar-refractivity contribution in [1.29, 1.82) is 0 Å². The summed E-state index contributed by atoms with van der Waals surface area (Å²) in [4.78, 5) is 0.618. The van der Waals surface area contributed by atoms with Crippen molar-refractivity contribution < 1.29 is 9.47 Å². The first-order valence-electron chi connectivity index (χ1n) is 5.67. The van der Waals surface area contributed by atoms with Gasteiger partial charge in [0.15, 0.2) is 0 Å². The van der Waals surface area contributed by atoms with Gasteiger partial charge in [0.05, 0.1) is 13.7 Å². The molecule has 1 aromatic rings. The number of methoxy groups -OCH3 is 1. The van der Waals surface area contributed by atoms with Crippen LogP contribution in [0.2, 0.25) is 0 Å². The summed E-state index contributed by atoms with van der Waals surface area (Å²) >= 11 is 3.61. The molecule has 0 bridgehead atoms. The third-order valence-electron chi connectivity index (χ3n) is 2.43. The molecule has 0 saturated heterocycles. The highest BCUT2D eigenvalue weighted by molar-refractivity contribution is 9.09. The first-order valence-corrected chi connectivity index (χ1v) is 6.58. The van der Waals surface area contributed by atoms with Crippen molar-refractivity contribution in [2.24, 2.45) is 0 Å². The molecular formula is C13H19BrO2. The summed E-state index contributed by atoms with van der Waals surface area (Å²) in [6.07, 6.45) is 3.41. The molecule has 1 unspecified atom stereocenters. The van der Waals surface area contributed by atoms with Crippen molar-refractivity contribution in [2.45, 2.75) is 31.0 Å². The van der Waals surface area contributed by atoms with Crippen molar-refractivity contribution in [3.8, 4) is 11.5 Å². The van der Waals surface area contributed by atoms with Crippen molar-refractivity contribution in [2.75, 3.05) is 13.7 Å². The van der Waals surface area contributed by atoms with Gasteiger partial charge >= 0.3 is 0 Å². The minimum atomic E-state index is 0.618. The molecule has 3 heteroatoms. The number of alkyl halides is 1. The van der Waals surface area contributed by atoms with Crippen LogP contribution in [-0.4, -0.2) is 18.5 Å². The van der Waals surface area contributed by atoms with Crippen LogP contribution in [0.1, 0.15) is 26.2 Å². The number of hydrogen-bond donors (Lipinski definition) is 0. The molecule has 0 fully saturated rings. The summed E-state index contributed by atoms with van der Waals surface area (Å²) in [5, 5.41) is 0. The molecule has 0 saturated carbocycles. The maximum Gasteiger partial charge on any atom is 0.119 e. The minimum Gasteiger partial charge on any atom is -0.497 e. The van der Waals surface area contributed by atoms with Crippen LogP contribution in [0.3, 0.4) is 0 Å². The van der Waals surface area contributed by atoms with E-state index < -0.39 is 0 Å². The molecular weight excluding hydrogens is 268 g/mol. The zero-order valence-electron chi connectivity index (χ0n) is 9.91. The molecule has 0 N–H and O–H groups in total. The number of benzene rings is 1. The van der Waals surface area contributed by atoms with E-state index in [1.165, 1.54) is 6.42 Å². The maximum atomic E-state index is 5.62. The van der Waals surface area contributed by atoms with Gasteiger partial charge in [-0.1, -0.05) is 22.9 Å². The standard InChI is InChI=1S/C13H19BrO2/c1-3-11(14)5-4-10-16-13-8-6-12(15-2)7-9-13/h6-9,11H,3-5,10H2,1-2H3. The Morgan fingerprint density at radius 2 is 1.81 bits per heavy atom. The number of rotatable bonds is 7. The Hall–Kier alpha value is -0.700. The van der Waals surface area contributed by atoms with E-state index >= 15 is 0 Å². The number of hydrogen-bond acceptors (Lipinski definition) is 2. The molecule has 2 nitrogen and oxygen atoms in total. The molecule has 0 radical (unpaired) electrons. The molecule has 90 valence electrons.